The van der Waals surface area contributed by atoms with E-state index < -0.39 is 0 Å². The molecule has 0 heterocycles. The van der Waals surface area contributed by atoms with Crippen LogP contribution in [-0.4, -0.2) is 0 Å². The number of hydrogen-bond donors (Lipinski definition) is 1. The molecule has 0 aliphatic rings. The van der Waals surface area contributed by atoms with Gasteiger partial charge in [-0.3, -0.25) is 0 Å². The van der Waals surface area contributed by atoms with Gasteiger partial charge in [-0.2, -0.15) is 0 Å². The average molecular weight is 261 g/mol. The summed E-state index contributed by atoms with van der Waals surface area (Å²) in [5.74, 6) is 0.543. The first-order valence-corrected chi connectivity index (χ1v) is 6.78. The number of hydrogen-bond acceptors (Lipinski definition) is 2. The molecule has 18 heavy (non-hydrogen) atoms. The van der Waals surface area contributed by atoms with Crippen molar-refractivity contribution in [1.82, 2.24) is 0 Å². The van der Waals surface area contributed by atoms with Crippen LogP contribution in [0.15, 0.2) is 41.3 Å². The van der Waals surface area contributed by atoms with Crippen LogP contribution in [0.1, 0.15) is 16.7 Å². The topological polar surface area (TPSA) is 26.0 Å². The van der Waals surface area contributed by atoms with Gasteiger partial charge in [0.15, 0.2) is 0 Å². The SMILES string of the molecule is Cc1ccc(CSc2cc(N)cc(F)c2)cc1C. The molecule has 0 atom stereocenters. The molecule has 0 unspecified atom stereocenters. The average Bonchev–Trinajstić information content (AvgIpc) is 2.29. The third kappa shape index (κ3) is 3.26. The smallest absolute Gasteiger partial charge is 0.126 e. The standard InChI is InChI=1S/C15H16FNS/c1-10-3-4-12(5-11(10)2)9-18-15-7-13(16)6-14(17)8-15/h3-8H,9,17H2,1-2H3. The molecule has 0 bridgehead atoms. The lowest BCUT2D eigenvalue weighted by molar-refractivity contribution is 0.625. The van der Waals surface area contributed by atoms with E-state index >= 15 is 0 Å². The Labute approximate surface area is 111 Å². The monoisotopic (exact) mass is 261 g/mol. The predicted octanol–water partition coefficient (Wildman–Crippen LogP) is 4.32. The van der Waals surface area contributed by atoms with Gasteiger partial charge in [0.2, 0.25) is 0 Å². The number of halogens is 1. The van der Waals surface area contributed by atoms with E-state index in [1.807, 2.05) is 0 Å². The third-order valence-electron chi connectivity index (χ3n) is 2.87. The zero-order valence-corrected chi connectivity index (χ0v) is 11.4. The van der Waals surface area contributed by atoms with Crippen LogP contribution < -0.4 is 5.73 Å². The molecule has 0 saturated carbocycles. The third-order valence-corrected chi connectivity index (χ3v) is 3.92. The lowest BCUT2D eigenvalue weighted by Gasteiger charge is -2.06. The Hall–Kier alpha value is -1.48. The molecule has 2 aromatic rings. The molecule has 1 nitrogen and oxygen atoms in total. The van der Waals surface area contributed by atoms with Gasteiger partial charge in [-0.15, -0.1) is 11.8 Å². The number of nitrogens with two attached hydrogens (primary N) is 1. The predicted molar refractivity (Wildman–Crippen MR) is 76.3 cm³/mol. The largest absolute Gasteiger partial charge is 0.399 e. The van der Waals surface area contributed by atoms with Crippen LogP contribution in [0.4, 0.5) is 10.1 Å². The van der Waals surface area contributed by atoms with Crippen LogP contribution in [0.5, 0.6) is 0 Å². The van der Waals surface area contributed by atoms with Crippen LogP contribution in [-0.2, 0) is 5.75 Å². The fourth-order valence-corrected chi connectivity index (χ4v) is 2.66. The zero-order chi connectivity index (χ0) is 13.1. The van der Waals surface area contributed by atoms with E-state index in [1.165, 1.54) is 28.8 Å². The van der Waals surface area contributed by atoms with Gasteiger partial charge in [-0.05, 0) is 48.7 Å². The molecule has 0 aromatic heterocycles. The van der Waals surface area contributed by atoms with Gasteiger partial charge < -0.3 is 5.73 Å². The second kappa shape index (κ2) is 5.44. The molecule has 2 rings (SSSR count). The number of nitrogen functional groups attached to an aromatic ring is 1. The molecule has 2 aromatic carbocycles. The highest BCUT2D eigenvalue weighted by atomic mass is 32.2. The molecule has 2 N–H and O–H groups in total. The van der Waals surface area contributed by atoms with Crippen molar-refractivity contribution in [3.8, 4) is 0 Å². The lowest BCUT2D eigenvalue weighted by atomic mass is 10.1. The van der Waals surface area contributed by atoms with Crippen molar-refractivity contribution in [1.29, 1.82) is 0 Å². The molecule has 0 amide bonds. The maximum Gasteiger partial charge on any atom is 0.126 e. The number of thioether (sulfide) groups is 1. The zero-order valence-electron chi connectivity index (χ0n) is 10.5. The van der Waals surface area contributed by atoms with E-state index in [9.17, 15) is 4.39 Å². The second-order valence-corrected chi connectivity index (χ2v) is 5.48. The summed E-state index contributed by atoms with van der Waals surface area (Å²) < 4.78 is 13.2. The number of anilines is 1. The van der Waals surface area contributed by atoms with Crippen LogP contribution in [0.3, 0.4) is 0 Å². The number of aryl methyl sites for hydroxylation is 2. The normalized spacial score (nSPS) is 10.6. The minimum absolute atomic E-state index is 0.280. The van der Waals surface area contributed by atoms with E-state index in [4.69, 9.17) is 5.73 Å². The minimum Gasteiger partial charge on any atom is -0.399 e. The Morgan fingerprint density at radius 1 is 1.06 bits per heavy atom. The Morgan fingerprint density at radius 2 is 1.83 bits per heavy atom. The maximum absolute atomic E-state index is 13.2. The van der Waals surface area contributed by atoms with Crippen molar-refractivity contribution in [2.24, 2.45) is 0 Å². The molecule has 0 radical (unpaired) electrons. The highest BCUT2D eigenvalue weighted by molar-refractivity contribution is 7.98. The van der Waals surface area contributed by atoms with Crippen LogP contribution in [0.2, 0.25) is 0 Å². The molecule has 0 spiro atoms. The molecule has 0 saturated heterocycles. The van der Waals surface area contributed by atoms with Crippen molar-refractivity contribution < 1.29 is 4.39 Å². The van der Waals surface area contributed by atoms with Gasteiger partial charge in [0.05, 0.1) is 0 Å². The maximum atomic E-state index is 13.2. The first kappa shape index (κ1) is 13.0. The molecule has 0 aliphatic heterocycles. The Morgan fingerprint density at radius 3 is 2.50 bits per heavy atom. The van der Waals surface area contributed by atoms with E-state index in [1.54, 1.807) is 17.8 Å². The van der Waals surface area contributed by atoms with Crippen LogP contribution in [0.25, 0.3) is 0 Å². The van der Waals surface area contributed by atoms with Crippen LogP contribution in [0, 0.1) is 19.7 Å². The van der Waals surface area contributed by atoms with Crippen molar-refractivity contribution in [3.63, 3.8) is 0 Å². The summed E-state index contributed by atoms with van der Waals surface area (Å²) in [6, 6.07) is 11.0. The van der Waals surface area contributed by atoms with Crippen molar-refractivity contribution in [3.05, 3.63) is 58.9 Å². The summed E-state index contributed by atoms with van der Waals surface area (Å²) in [6.45, 7) is 4.20. The van der Waals surface area contributed by atoms with Crippen molar-refractivity contribution in [2.45, 2.75) is 24.5 Å². The summed E-state index contributed by atoms with van der Waals surface area (Å²) in [6.07, 6.45) is 0. The number of rotatable bonds is 3. The summed E-state index contributed by atoms with van der Waals surface area (Å²) in [5, 5.41) is 0. The van der Waals surface area contributed by atoms with Gasteiger partial charge in [0, 0.05) is 16.3 Å². The molecular formula is C15H16FNS. The Kier molecular flexibility index (Phi) is 3.92. The first-order chi connectivity index (χ1) is 8.54. The van der Waals surface area contributed by atoms with Crippen molar-refractivity contribution >= 4 is 17.4 Å². The summed E-state index contributed by atoms with van der Waals surface area (Å²) in [4.78, 5) is 0.866. The first-order valence-electron chi connectivity index (χ1n) is 5.79. The van der Waals surface area contributed by atoms with E-state index in [2.05, 4.69) is 32.0 Å². The highest BCUT2D eigenvalue weighted by Crippen LogP contribution is 2.26. The fourth-order valence-electron chi connectivity index (χ4n) is 1.73. The van der Waals surface area contributed by atoms with Gasteiger partial charge in [-0.1, -0.05) is 18.2 Å². The Bertz CT molecular complexity index is 546. The summed E-state index contributed by atoms with van der Waals surface area (Å²) >= 11 is 1.60. The summed E-state index contributed by atoms with van der Waals surface area (Å²) in [5.41, 5.74) is 9.91. The quantitative estimate of drug-likeness (QED) is 0.658. The van der Waals surface area contributed by atoms with Gasteiger partial charge in [0.25, 0.3) is 0 Å². The highest BCUT2D eigenvalue weighted by Gasteiger charge is 2.01. The van der Waals surface area contributed by atoms with Crippen molar-refractivity contribution in [2.75, 3.05) is 5.73 Å². The Balaban J connectivity index is 2.08. The van der Waals surface area contributed by atoms with E-state index in [0.717, 1.165) is 10.6 Å². The summed E-state index contributed by atoms with van der Waals surface area (Å²) in [7, 11) is 0. The molecule has 94 valence electrons. The number of benzene rings is 2. The lowest BCUT2D eigenvalue weighted by Crippen LogP contribution is -1.89. The van der Waals surface area contributed by atoms with Gasteiger partial charge >= 0.3 is 0 Å². The van der Waals surface area contributed by atoms with Gasteiger partial charge in [-0.25, -0.2) is 4.39 Å². The van der Waals surface area contributed by atoms with E-state index in [-0.39, 0.29) is 5.82 Å². The molecular weight excluding hydrogens is 245 g/mol. The second-order valence-electron chi connectivity index (χ2n) is 4.43. The molecule has 0 aliphatic carbocycles. The molecule has 3 heteroatoms. The molecule has 0 fully saturated rings. The minimum atomic E-state index is -0.280. The van der Waals surface area contributed by atoms with Crippen LogP contribution >= 0.6 is 11.8 Å². The fraction of sp³-hybridized carbons (Fsp3) is 0.200. The van der Waals surface area contributed by atoms with Gasteiger partial charge in [0.1, 0.15) is 5.82 Å². The van der Waals surface area contributed by atoms with E-state index in [0.29, 0.717) is 5.69 Å².